The lowest BCUT2D eigenvalue weighted by Crippen LogP contribution is -2.43. The van der Waals surface area contributed by atoms with Crippen LogP contribution >= 0.6 is 24.0 Å². The highest BCUT2D eigenvalue weighted by molar-refractivity contribution is 14.0. The summed E-state index contributed by atoms with van der Waals surface area (Å²) in [6.45, 7) is 5.74. The first-order valence-corrected chi connectivity index (χ1v) is 8.80. The van der Waals surface area contributed by atoms with Gasteiger partial charge in [-0.15, -0.1) is 24.0 Å². The van der Waals surface area contributed by atoms with E-state index < -0.39 is 0 Å². The summed E-state index contributed by atoms with van der Waals surface area (Å²) < 4.78 is 5.30. The summed E-state index contributed by atoms with van der Waals surface area (Å²) in [6, 6.07) is 0. The molecule has 6 heteroatoms. The van der Waals surface area contributed by atoms with E-state index in [2.05, 4.69) is 17.6 Å². The number of aliphatic hydroxyl groups excluding tert-OH is 1. The highest BCUT2D eigenvalue weighted by Gasteiger charge is 2.42. The molecule has 0 bridgehead atoms. The maximum atomic E-state index is 9.42. The molecule has 3 N–H and O–H groups in total. The van der Waals surface area contributed by atoms with E-state index in [-0.39, 0.29) is 36.0 Å². The van der Waals surface area contributed by atoms with Gasteiger partial charge in [0.05, 0.1) is 13.2 Å². The predicted octanol–water partition coefficient (Wildman–Crippen LogP) is 2.53. The van der Waals surface area contributed by atoms with Crippen molar-refractivity contribution in [3.8, 4) is 0 Å². The predicted molar refractivity (Wildman–Crippen MR) is 106 cm³/mol. The zero-order valence-electron chi connectivity index (χ0n) is 14.7. The first kappa shape index (κ1) is 21.0. The number of hydrogen-bond acceptors (Lipinski definition) is 3. The number of aliphatic hydroxyl groups is 1. The van der Waals surface area contributed by atoms with Gasteiger partial charge in [0.2, 0.25) is 0 Å². The van der Waals surface area contributed by atoms with Crippen LogP contribution in [0.25, 0.3) is 0 Å². The SMILES string of the molecule is CCNC(=NCC1(CO)CC1)NCC1(CCOC)CCCC1.I. The summed E-state index contributed by atoms with van der Waals surface area (Å²) in [5.41, 5.74) is 0.434. The molecule has 2 rings (SSSR count). The number of ether oxygens (including phenoxy) is 1. The van der Waals surface area contributed by atoms with Gasteiger partial charge in [-0.1, -0.05) is 12.8 Å². The van der Waals surface area contributed by atoms with Gasteiger partial charge in [0.1, 0.15) is 0 Å². The van der Waals surface area contributed by atoms with Crippen LogP contribution in [0.3, 0.4) is 0 Å². The Morgan fingerprint density at radius 3 is 2.35 bits per heavy atom. The van der Waals surface area contributed by atoms with E-state index in [0.717, 1.165) is 51.5 Å². The van der Waals surface area contributed by atoms with Crippen molar-refractivity contribution < 1.29 is 9.84 Å². The van der Waals surface area contributed by atoms with Gasteiger partial charge in [0.15, 0.2) is 5.96 Å². The Bertz CT molecular complexity index is 367. The van der Waals surface area contributed by atoms with Gasteiger partial charge in [-0.25, -0.2) is 0 Å². The Labute approximate surface area is 158 Å². The number of rotatable bonds is 9. The number of nitrogens with one attached hydrogen (secondary N) is 2. The molecule has 0 aliphatic heterocycles. The van der Waals surface area contributed by atoms with Crippen LogP contribution in [0.1, 0.15) is 51.9 Å². The summed E-state index contributed by atoms with van der Waals surface area (Å²) in [4.78, 5) is 4.69. The molecule has 136 valence electrons. The van der Waals surface area contributed by atoms with Gasteiger partial charge < -0.3 is 20.5 Å². The number of nitrogens with zero attached hydrogens (tertiary/aromatic N) is 1. The van der Waals surface area contributed by atoms with Crippen molar-refractivity contribution >= 4 is 29.9 Å². The Hall–Kier alpha value is -0.0800. The first-order valence-electron chi connectivity index (χ1n) is 8.80. The molecule has 2 saturated carbocycles. The van der Waals surface area contributed by atoms with Crippen molar-refractivity contribution in [1.29, 1.82) is 0 Å². The van der Waals surface area contributed by atoms with E-state index in [0.29, 0.717) is 5.41 Å². The van der Waals surface area contributed by atoms with Crippen LogP contribution in [0.4, 0.5) is 0 Å². The molecule has 2 aliphatic carbocycles. The largest absolute Gasteiger partial charge is 0.396 e. The summed E-state index contributed by atoms with van der Waals surface area (Å²) in [5.74, 6) is 0.894. The Balaban J connectivity index is 0.00000264. The second-order valence-corrected chi connectivity index (χ2v) is 7.16. The fourth-order valence-electron chi connectivity index (χ4n) is 3.36. The molecule has 0 aromatic rings. The minimum atomic E-state index is 0. The maximum absolute atomic E-state index is 9.42. The van der Waals surface area contributed by atoms with Gasteiger partial charge in [0.25, 0.3) is 0 Å². The number of guanidine groups is 1. The molecule has 0 heterocycles. The van der Waals surface area contributed by atoms with Crippen LogP contribution in [0.2, 0.25) is 0 Å². The molecule has 0 aromatic carbocycles. The van der Waals surface area contributed by atoms with Crippen molar-refractivity contribution in [1.82, 2.24) is 10.6 Å². The van der Waals surface area contributed by atoms with Crippen LogP contribution in [0.5, 0.6) is 0 Å². The Morgan fingerprint density at radius 2 is 1.83 bits per heavy atom. The molecule has 23 heavy (non-hydrogen) atoms. The smallest absolute Gasteiger partial charge is 0.191 e. The topological polar surface area (TPSA) is 65.9 Å². The van der Waals surface area contributed by atoms with Crippen LogP contribution in [-0.2, 0) is 4.74 Å². The molecule has 0 saturated heterocycles. The van der Waals surface area contributed by atoms with Gasteiger partial charge in [-0.2, -0.15) is 0 Å². The number of hydrogen-bond donors (Lipinski definition) is 3. The lowest BCUT2D eigenvalue weighted by atomic mass is 9.83. The van der Waals surface area contributed by atoms with Crippen molar-refractivity contribution in [3.05, 3.63) is 0 Å². The zero-order chi connectivity index (χ0) is 15.9. The number of methoxy groups -OCH3 is 1. The highest BCUT2D eigenvalue weighted by Crippen LogP contribution is 2.45. The third-order valence-electron chi connectivity index (χ3n) is 5.34. The lowest BCUT2D eigenvalue weighted by Gasteiger charge is -2.30. The summed E-state index contributed by atoms with van der Waals surface area (Å²) in [7, 11) is 1.78. The molecule has 0 amide bonds. The molecule has 5 nitrogen and oxygen atoms in total. The van der Waals surface area contributed by atoms with E-state index in [1.165, 1.54) is 25.7 Å². The van der Waals surface area contributed by atoms with E-state index in [9.17, 15) is 5.11 Å². The summed E-state index contributed by atoms with van der Waals surface area (Å²) in [5, 5.41) is 16.3. The number of halogens is 1. The standard InChI is InChI=1S/C17H33N3O2.HI/c1-3-18-15(20-13-17(14-21)8-9-17)19-12-16(10-11-22-2)6-4-5-7-16;/h21H,3-14H2,1-2H3,(H2,18,19,20);1H. The van der Waals surface area contributed by atoms with E-state index in [4.69, 9.17) is 9.73 Å². The average Bonchev–Trinajstić information content (AvgIpc) is 3.18. The minimum Gasteiger partial charge on any atom is -0.396 e. The fraction of sp³-hybridized carbons (Fsp3) is 0.941. The van der Waals surface area contributed by atoms with Gasteiger partial charge in [-0.3, -0.25) is 4.99 Å². The second kappa shape index (κ2) is 10.0. The molecule has 2 aliphatic rings. The van der Waals surface area contributed by atoms with Gasteiger partial charge in [0, 0.05) is 32.2 Å². The first-order chi connectivity index (χ1) is 10.7. The second-order valence-electron chi connectivity index (χ2n) is 7.16. The summed E-state index contributed by atoms with van der Waals surface area (Å²) in [6.07, 6.45) is 8.54. The quantitative estimate of drug-likeness (QED) is 0.294. The van der Waals surface area contributed by atoms with E-state index in [1.807, 2.05) is 0 Å². The van der Waals surface area contributed by atoms with Crippen LogP contribution in [0.15, 0.2) is 4.99 Å². The van der Waals surface area contributed by atoms with Crippen LogP contribution in [-0.4, -0.2) is 51.0 Å². The van der Waals surface area contributed by atoms with Crippen LogP contribution < -0.4 is 10.6 Å². The van der Waals surface area contributed by atoms with E-state index in [1.54, 1.807) is 7.11 Å². The maximum Gasteiger partial charge on any atom is 0.191 e. The highest BCUT2D eigenvalue weighted by atomic mass is 127. The Morgan fingerprint density at radius 1 is 1.13 bits per heavy atom. The molecule has 0 atom stereocenters. The Kier molecular flexibility index (Phi) is 9.15. The molecule has 0 spiro atoms. The van der Waals surface area contributed by atoms with Gasteiger partial charge >= 0.3 is 0 Å². The molecular formula is C17H34IN3O2. The van der Waals surface area contributed by atoms with Crippen LogP contribution in [0, 0.1) is 10.8 Å². The molecule has 0 radical (unpaired) electrons. The molecular weight excluding hydrogens is 405 g/mol. The van der Waals surface area contributed by atoms with Crippen molar-refractivity contribution in [2.24, 2.45) is 15.8 Å². The monoisotopic (exact) mass is 439 g/mol. The normalized spacial score (nSPS) is 21.6. The van der Waals surface area contributed by atoms with Gasteiger partial charge in [-0.05, 0) is 44.4 Å². The fourth-order valence-corrected chi connectivity index (χ4v) is 3.36. The third-order valence-corrected chi connectivity index (χ3v) is 5.34. The van der Waals surface area contributed by atoms with Crippen molar-refractivity contribution in [2.45, 2.75) is 51.9 Å². The van der Waals surface area contributed by atoms with E-state index >= 15 is 0 Å². The summed E-state index contributed by atoms with van der Waals surface area (Å²) >= 11 is 0. The minimum absolute atomic E-state index is 0. The van der Waals surface area contributed by atoms with Crippen molar-refractivity contribution in [3.63, 3.8) is 0 Å². The zero-order valence-corrected chi connectivity index (χ0v) is 17.0. The van der Waals surface area contributed by atoms with Crippen molar-refractivity contribution in [2.75, 3.05) is 40.0 Å². The molecule has 0 aromatic heterocycles. The average molecular weight is 439 g/mol. The molecule has 2 fully saturated rings. The third kappa shape index (κ3) is 6.38. The molecule has 0 unspecified atom stereocenters. The number of aliphatic imine (C=N–C) groups is 1. The lowest BCUT2D eigenvalue weighted by molar-refractivity contribution is 0.138.